The summed E-state index contributed by atoms with van der Waals surface area (Å²) in [5.41, 5.74) is -1.60. The van der Waals surface area contributed by atoms with Gasteiger partial charge in [-0.15, -0.1) is 6.58 Å². The Morgan fingerprint density at radius 3 is 2.05 bits per heavy atom. The van der Waals surface area contributed by atoms with Gasteiger partial charge in [0.2, 0.25) is 29.4 Å². The Kier molecular flexibility index (Phi) is 12.4. The van der Waals surface area contributed by atoms with Crippen LogP contribution in [-0.2, 0) is 28.8 Å². The van der Waals surface area contributed by atoms with Gasteiger partial charge in [-0.25, -0.2) is 4.79 Å². The van der Waals surface area contributed by atoms with E-state index in [4.69, 9.17) is 0 Å². The number of piperidine rings is 1. The highest BCUT2D eigenvalue weighted by molar-refractivity contribution is 6.38. The van der Waals surface area contributed by atoms with E-state index in [1.165, 1.54) is 11.0 Å². The van der Waals surface area contributed by atoms with Gasteiger partial charge in [0.1, 0.15) is 12.1 Å². The van der Waals surface area contributed by atoms with Gasteiger partial charge in [0.05, 0.1) is 12.1 Å². The normalized spacial score (nSPS) is 27.7. The number of fused-ring (bicyclic) bond motifs is 1. The van der Waals surface area contributed by atoms with Gasteiger partial charge < -0.3 is 26.2 Å². The fourth-order valence-corrected chi connectivity index (χ4v) is 11.1. The molecule has 0 aromatic rings. The van der Waals surface area contributed by atoms with E-state index in [0.717, 1.165) is 64.2 Å². The summed E-state index contributed by atoms with van der Waals surface area (Å²) in [6.45, 7) is 16.2. The molecule has 2 saturated heterocycles. The molecule has 0 bridgehead atoms. The molecule has 1 spiro atoms. The van der Waals surface area contributed by atoms with E-state index in [2.05, 4.69) is 41.7 Å². The van der Waals surface area contributed by atoms with Crippen molar-refractivity contribution in [2.45, 2.75) is 162 Å². The fraction of sp³-hybridized carbons (Fsp3) is 0.795. The van der Waals surface area contributed by atoms with Crippen molar-refractivity contribution in [1.29, 1.82) is 0 Å². The third kappa shape index (κ3) is 9.27. The largest absolute Gasteiger partial charge is 0.346 e. The third-order valence-corrected chi connectivity index (χ3v) is 14.6. The summed E-state index contributed by atoms with van der Waals surface area (Å²) < 4.78 is 0. The van der Waals surface area contributed by atoms with Crippen LogP contribution in [0.1, 0.15) is 138 Å². The van der Waals surface area contributed by atoms with Crippen molar-refractivity contribution in [3.63, 3.8) is 0 Å². The number of imide groups is 1. The molecule has 0 radical (unpaired) electrons. The summed E-state index contributed by atoms with van der Waals surface area (Å²) in [7, 11) is 0. The minimum absolute atomic E-state index is 0.0414. The highest BCUT2D eigenvalue weighted by atomic mass is 16.2. The van der Waals surface area contributed by atoms with Crippen molar-refractivity contribution in [2.24, 2.45) is 39.4 Å². The zero-order chi connectivity index (χ0) is 41.5. The van der Waals surface area contributed by atoms with Crippen LogP contribution in [0.3, 0.4) is 0 Å². The van der Waals surface area contributed by atoms with Crippen molar-refractivity contribution in [3.8, 4) is 0 Å². The molecule has 2 heterocycles. The number of nitrogens with one attached hydrogen (secondary N) is 4. The third-order valence-electron chi connectivity index (χ3n) is 14.6. The Balaban J connectivity index is 1.22. The van der Waals surface area contributed by atoms with E-state index >= 15 is 4.79 Å². The summed E-state index contributed by atoms with van der Waals surface area (Å²) in [6, 6.07) is -4.00. The predicted octanol–water partition coefficient (Wildman–Crippen LogP) is 4.78. The minimum atomic E-state index is -1.01. The molecule has 4 saturated carbocycles. The molecule has 316 valence electrons. The average molecular weight is 793 g/mol. The Labute approximate surface area is 339 Å². The number of nitrogens with zero attached hydrogens (tertiary/aromatic N) is 2. The Bertz CT molecular complexity index is 1600. The highest BCUT2D eigenvalue weighted by Crippen LogP contribution is 2.58. The molecule has 6 aliphatic rings. The van der Waals surface area contributed by atoms with Crippen molar-refractivity contribution in [3.05, 3.63) is 12.7 Å². The molecule has 4 N–H and O–H groups in total. The van der Waals surface area contributed by atoms with E-state index in [-0.39, 0.29) is 59.4 Å². The lowest BCUT2D eigenvalue weighted by molar-refractivity contribution is -0.154. The zero-order valence-electron chi connectivity index (χ0n) is 35.3. The van der Waals surface area contributed by atoms with E-state index in [1.807, 2.05) is 27.7 Å². The molecule has 1 unspecified atom stereocenters. The van der Waals surface area contributed by atoms with Gasteiger partial charge >= 0.3 is 6.03 Å². The summed E-state index contributed by atoms with van der Waals surface area (Å²) in [6.07, 6.45) is 13.3. The van der Waals surface area contributed by atoms with Crippen LogP contribution in [0.15, 0.2) is 12.7 Å². The minimum Gasteiger partial charge on any atom is -0.346 e. The molecule has 13 nitrogen and oxygen atoms in total. The first-order valence-corrected chi connectivity index (χ1v) is 21.7. The second-order valence-electron chi connectivity index (χ2n) is 20.7. The molecule has 6 atom stereocenters. The van der Waals surface area contributed by atoms with Crippen molar-refractivity contribution in [2.75, 3.05) is 19.6 Å². The number of Topliss-reactive ketones (excluding diaryl/α,β-unsaturated/α-hetero) is 1. The van der Waals surface area contributed by atoms with Gasteiger partial charge in [0.15, 0.2) is 0 Å². The van der Waals surface area contributed by atoms with Gasteiger partial charge in [-0.2, -0.15) is 0 Å². The van der Waals surface area contributed by atoms with Crippen LogP contribution >= 0.6 is 0 Å². The molecule has 2 aliphatic heterocycles. The van der Waals surface area contributed by atoms with Gasteiger partial charge in [-0.05, 0) is 77.9 Å². The Morgan fingerprint density at radius 2 is 1.49 bits per heavy atom. The molecule has 0 aromatic heterocycles. The molecule has 13 heteroatoms. The average Bonchev–Trinajstić information content (AvgIpc) is 3.74. The second kappa shape index (κ2) is 16.5. The standard InChI is InChI=1S/C44H68N6O7/c1-8-20-45-38(55)35(53)29(21-27-14-15-27)46-37(54)34-33-28(22-42(33,5)6)25-50(34)39(56)36(43(7)16-10-9-11-17-43)48-40(57)47-30(41(2,3)4)26-49-31(51)23-44(24-32(49)52)18-12-13-19-44/h8,27-30,33-34,36H,1,9-26H2,2-7H3,(H,45,55)(H,46,54)(H2,47,48,57)/t28-,29?,30+,33-,34-,36+/m0/s1. The fourth-order valence-electron chi connectivity index (χ4n) is 11.1. The maximum atomic E-state index is 15.1. The molecular formula is C44H68N6O7. The number of likely N-dealkylation sites (tertiary alicyclic amines) is 2. The van der Waals surface area contributed by atoms with Crippen molar-refractivity contribution in [1.82, 2.24) is 31.1 Å². The number of hydrogen-bond acceptors (Lipinski definition) is 7. The lowest BCUT2D eigenvalue weighted by Gasteiger charge is -2.49. The lowest BCUT2D eigenvalue weighted by Crippen LogP contribution is -2.64. The van der Waals surface area contributed by atoms with Crippen molar-refractivity contribution >= 4 is 41.4 Å². The van der Waals surface area contributed by atoms with Crippen LogP contribution < -0.4 is 21.3 Å². The molecule has 6 rings (SSSR count). The van der Waals surface area contributed by atoms with Gasteiger partial charge in [-0.3, -0.25) is 33.7 Å². The number of rotatable bonds is 14. The smallest absolute Gasteiger partial charge is 0.315 e. The first-order valence-electron chi connectivity index (χ1n) is 21.7. The first kappa shape index (κ1) is 42.8. The van der Waals surface area contributed by atoms with Gasteiger partial charge in [0.25, 0.3) is 5.91 Å². The zero-order valence-corrected chi connectivity index (χ0v) is 35.3. The number of amides is 7. The topological polar surface area (TPSA) is 174 Å². The number of carbonyl (C=O) groups excluding carboxylic acids is 7. The predicted molar refractivity (Wildman–Crippen MR) is 215 cm³/mol. The summed E-state index contributed by atoms with van der Waals surface area (Å²) in [5, 5.41) is 11.6. The van der Waals surface area contributed by atoms with Crippen LogP contribution in [0.25, 0.3) is 0 Å². The number of ketones is 1. The number of hydrogen-bond donors (Lipinski definition) is 4. The van der Waals surface area contributed by atoms with Crippen molar-refractivity contribution < 1.29 is 33.6 Å². The molecular weight excluding hydrogens is 725 g/mol. The molecule has 4 aliphatic carbocycles. The quantitative estimate of drug-likeness (QED) is 0.111. The maximum Gasteiger partial charge on any atom is 0.315 e. The SMILES string of the molecule is C=CCNC(=O)C(=O)C(CC1CC1)NC(=O)[C@@H]1[C@@H]2[C@H](CN1C(=O)[C@@H](NC(=O)N[C@H](CN1C(=O)CC3(CCCC3)CC1=O)C(C)(C)C)C1(C)CCCCC1)CC2(C)C. The summed E-state index contributed by atoms with van der Waals surface area (Å²) in [5.74, 6) is -2.48. The van der Waals surface area contributed by atoms with E-state index in [1.54, 1.807) is 4.90 Å². The maximum absolute atomic E-state index is 15.1. The number of urea groups is 1. The lowest BCUT2D eigenvalue weighted by atomic mass is 9.55. The Hall–Kier alpha value is -3.77. The monoisotopic (exact) mass is 793 g/mol. The van der Waals surface area contributed by atoms with Crippen LogP contribution in [0.4, 0.5) is 4.79 Å². The summed E-state index contributed by atoms with van der Waals surface area (Å²) >= 11 is 0. The molecule has 57 heavy (non-hydrogen) atoms. The van der Waals surface area contributed by atoms with Gasteiger partial charge in [0, 0.05) is 32.5 Å². The number of carbonyl (C=O) groups is 7. The van der Waals surface area contributed by atoms with Crippen LogP contribution in [0.2, 0.25) is 0 Å². The van der Waals surface area contributed by atoms with Crippen LogP contribution in [0, 0.1) is 39.4 Å². The van der Waals surface area contributed by atoms with E-state index in [0.29, 0.717) is 38.6 Å². The van der Waals surface area contributed by atoms with Crippen LogP contribution in [-0.4, -0.2) is 95.0 Å². The first-order chi connectivity index (χ1) is 26.8. The summed E-state index contributed by atoms with van der Waals surface area (Å²) in [4.78, 5) is 99.9. The second-order valence-corrected chi connectivity index (χ2v) is 20.7. The molecule has 6 fully saturated rings. The van der Waals surface area contributed by atoms with Gasteiger partial charge in [-0.1, -0.05) is 92.6 Å². The highest BCUT2D eigenvalue weighted by Gasteiger charge is 2.62. The Morgan fingerprint density at radius 1 is 0.877 bits per heavy atom. The van der Waals surface area contributed by atoms with Crippen LogP contribution in [0.5, 0.6) is 0 Å². The molecule has 7 amide bonds. The van der Waals surface area contributed by atoms with E-state index < -0.39 is 58.6 Å². The van der Waals surface area contributed by atoms with E-state index in [9.17, 15) is 28.8 Å². The molecule has 0 aromatic carbocycles.